The van der Waals surface area contributed by atoms with E-state index in [1.54, 1.807) is 0 Å². The first-order valence-electron chi connectivity index (χ1n) is 10.2. The number of nitro benzene ring substituents is 2. The van der Waals surface area contributed by atoms with Crippen molar-refractivity contribution >= 4 is 84.4 Å². The van der Waals surface area contributed by atoms with E-state index in [9.17, 15) is 34.6 Å². The predicted octanol–water partition coefficient (Wildman–Crippen LogP) is 6.14. The molecule has 1 aliphatic rings. The van der Waals surface area contributed by atoms with E-state index in [-0.39, 0.29) is 31.7 Å². The number of anilines is 1. The average molecular weight is 667 g/mol. The Morgan fingerprint density at radius 2 is 1.55 bits per heavy atom. The number of nitrogens with zero attached hydrogens (tertiary/aromatic N) is 3. The number of nitrogens with one attached hydrogen (secondary N) is 1. The Kier molecular flexibility index (Phi) is 7.57. The second-order valence-corrected chi connectivity index (χ2v) is 9.66. The van der Waals surface area contributed by atoms with E-state index in [2.05, 4.69) is 37.2 Å². The van der Waals surface area contributed by atoms with Gasteiger partial charge in [0.05, 0.1) is 30.5 Å². The first-order chi connectivity index (χ1) is 18.0. The van der Waals surface area contributed by atoms with Gasteiger partial charge in [0.15, 0.2) is 5.75 Å². The third-order valence-corrected chi connectivity index (χ3v) is 6.51. The maximum atomic E-state index is 13.1. The number of imide groups is 2. The van der Waals surface area contributed by atoms with Crippen LogP contribution in [0.25, 0.3) is 6.08 Å². The van der Waals surface area contributed by atoms with Crippen LogP contribution < -0.4 is 15.0 Å². The molecule has 3 aromatic rings. The molecule has 1 aliphatic heterocycles. The SMILES string of the molecule is O=C1NC(=O)N(c2ccc(Cl)cc2)C(=O)/C1=C/c1cc(Br)c(Oc2ccc([N+](=O)[O-])cc2[N+](=O)[O-])c(Br)c1. The largest absolute Gasteiger partial charge is 0.448 e. The summed E-state index contributed by atoms with van der Waals surface area (Å²) >= 11 is 12.5. The van der Waals surface area contributed by atoms with E-state index < -0.39 is 39.1 Å². The lowest BCUT2D eigenvalue weighted by Gasteiger charge is -2.26. The van der Waals surface area contributed by atoms with Gasteiger partial charge in [-0.3, -0.25) is 35.1 Å². The van der Waals surface area contributed by atoms with Gasteiger partial charge >= 0.3 is 11.7 Å². The Labute approximate surface area is 234 Å². The van der Waals surface area contributed by atoms with Gasteiger partial charge in [0.1, 0.15) is 5.57 Å². The summed E-state index contributed by atoms with van der Waals surface area (Å²) in [5, 5.41) is 24.9. The molecular formula is C23H11Br2ClN4O8. The average Bonchev–Trinajstić information content (AvgIpc) is 2.85. The number of hydrogen-bond acceptors (Lipinski definition) is 8. The molecule has 12 nitrogen and oxygen atoms in total. The van der Waals surface area contributed by atoms with Crippen molar-refractivity contribution in [1.82, 2.24) is 5.32 Å². The zero-order valence-corrected chi connectivity index (χ0v) is 22.4. The summed E-state index contributed by atoms with van der Waals surface area (Å²) in [5.41, 5.74) is -0.909. The third kappa shape index (κ3) is 5.41. The minimum atomic E-state index is -0.921. The fourth-order valence-electron chi connectivity index (χ4n) is 3.37. The molecule has 0 saturated carbocycles. The van der Waals surface area contributed by atoms with Crippen LogP contribution in [0.1, 0.15) is 5.56 Å². The molecule has 38 heavy (non-hydrogen) atoms. The van der Waals surface area contributed by atoms with Gasteiger partial charge in [0.25, 0.3) is 17.5 Å². The number of barbiturate groups is 1. The van der Waals surface area contributed by atoms with Gasteiger partial charge in [-0.2, -0.15) is 0 Å². The van der Waals surface area contributed by atoms with Crippen LogP contribution >= 0.6 is 43.5 Å². The van der Waals surface area contributed by atoms with Crippen molar-refractivity contribution in [3.8, 4) is 11.5 Å². The molecule has 15 heteroatoms. The maximum Gasteiger partial charge on any atom is 0.335 e. The van der Waals surface area contributed by atoms with E-state index >= 15 is 0 Å². The second kappa shape index (κ2) is 10.7. The molecule has 1 heterocycles. The van der Waals surface area contributed by atoms with Crippen molar-refractivity contribution in [3.63, 3.8) is 0 Å². The smallest absolute Gasteiger partial charge is 0.335 e. The first-order valence-corrected chi connectivity index (χ1v) is 12.2. The van der Waals surface area contributed by atoms with E-state index in [4.69, 9.17) is 16.3 Å². The molecule has 1 N–H and O–H groups in total. The maximum absolute atomic E-state index is 13.1. The number of amides is 4. The molecule has 3 aromatic carbocycles. The Hall–Kier alpha value is -4.14. The second-order valence-electron chi connectivity index (χ2n) is 7.52. The Balaban J connectivity index is 1.68. The number of ether oxygens (including phenoxy) is 1. The van der Waals surface area contributed by atoms with Crippen LogP contribution in [0, 0.1) is 20.2 Å². The molecule has 0 radical (unpaired) electrons. The first kappa shape index (κ1) is 26.9. The highest BCUT2D eigenvalue weighted by Crippen LogP contribution is 2.42. The summed E-state index contributed by atoms with van der Waals surface area (Å²) in [7, 11) is 0. The van der Waals surface area contributed by atoms with Crippen LogP contribution in [-0.4, -0.2) is 27.7 Å². The summed E-state index contributed by atoms with van der Waals surface area (Å²) in [5.74, 6) is -1.94. The number of nitro groups is 2. The summed E-state index contributed by atoms with van der Waals surface area (Å²) in [4.78, 5) is 59.5. The predicted molar refractivity (Wildman–Crippen MR) is 142 cm³/mol. The highest BCUT2D eigenvalue weighted by atomic mass is 79.9. The number of benzene rings is 3. The zero-order valence-electron chi connectivity index (χ0n) is 18.5. The fourth-order valence-corrected chi connectivity index (χ4v) is 4.88. The molecule has 0 aliphatic carbocycles. The number of urea groups is 1. The molecular weight excluding hydrogens is 656 g/mol. The molecule has 0 atom stereocenters. The highest BCUT2D eigenvalue weighted by molar-refractivity contribution is 9.11. The molecule has 1 fully saturated rings. The summed E-state index contributed by atoms with van der Waals surface area (Å²) < 4.78 is 6.19. The van der Waals surface area contributed by atoms with Gasteiger partial charge in [-0.15, -0.1) is 0 Å². The van der Waals surface area contributed by atoms with E-state index in [1.807, 2.05) is 0 Å². The zero-order chi connectivity index (χ0) is 27.7. The van der Waals surface area contributed by atoms with Crippen molar-refractivity contribution in [3.05, 3.63) is 99.9 Å². The van der Waals surface area contributed by atoms with Crippen molar-refractivity contribution in [2.75, 3.05) is 4.90 Å². The van der Waals surface area contributed by atoms with E-state index in [1.165, 1.54) is 42.5 Å². The molecule has 4 amide bonds. The Morgan fingerprint density at radius 3 is 2.13 bits per heavy atom. The van der Waals surface area contributed by atoms with Crippen LogP contribution in [0.4, 0.5) is 21.9 Å². The summed E-state index contributed by atoms with van der Waals surface area (Å²) in [6.45, 7) is 0. The number of carbonyl (C=O) groups excluding carboxylic acids is 3. The molecule has 0 spiro atoms. The lowest BCUT2D eigenvalue weighted by molar-refractivity contribution is -0.394. The minimum Gasteiger partial charge on any atom is -0.448 e. The van der Waals surface area contributed by atoms with Crippen molar-refractivity contribution in [2.45, 2.75) is 0 Å². The Morgan fingerprint density at radius 1 is 0.921 bits per heavy atom. The molecule has 4 rings (SSSR count). The van der Waals surface area contributed by atoms with Crippen molar-refractivity contribution < 1.29 is 29.0 Å². The van der Waals surface area contributed by atoms with Crippen LogP contribution in [0.2, 0.25) is 5.02 Å². The minimum absolute atomic E-state index is 0.0847. The van der Waals surface area contributed by atoms with Crippen LogP contribution in [-0.2, 0) is 9.59 Å². The number of halogens is 3. The van der Waals surface area contributed by atoms with Gasteiger partial charge in [0.2, 0.25) is 5.75 Å². The third-order valence-electron chi connectivity index (χ3n) is 5.08. The van der Waals surface area contributed by atoms with Crippen LogP contribution in [0.3, 0.4) is 0 Å². The summed E-state index contributed by atoms with van der Waals surface area (Å²) in [6, 6.07) is 10.8. The highest BCUT2D eigenvalue weighted by Gasteiger charge is 2.37. The lowest BCUT2D eigenvalue weighted by atomic mass is 10.1. The molecule has 0 aromatic heterocycles. The van der Waals surface area contributed by atoms with Crippen molar-refractivity contribution in [1.29, 1.82) is 0 Å². The molecule has 0 unspecified atom stereocenters. The number of non-ortho nitro benzene ring substituents is 1. The topological polar surface area (TPSA) is 162 Å². The Bertz CT molecular complexity index is 1550. The number of carbonyl (C=O) groups is 3. The van der Waals surface area contributed by atoms with Crippen LogP contribution in [0.5, 0.6) is 11.5 Å². The molecule has 0 bridgehead atoms. The standard InChI is InChI=1S/C23H11Br2ClN4O8/c24-16-8-11(7-15-21(31)27-23(33)28(22(15)32)13-3-1-12(26)2-4-13)9-17(25)20(16)38-19-6-5-14(29(34)35)10-18(19)30(36)37/h1-10H,(H,27,31,33)/b15-7+. The number of hydrogen-bond donors (Lipinski definition) is 1. The quantitative estimate of drug-likeness (QED) is 0.142. The van der Waals surface area contributed by atoms with E-state index in [0.29, 0.717) is 10.6 Å². The van der Waals surface area contributed by atoms with Gasteiger partial charge in [-0.25, -0.2) is 9.69 Å². The lowest BCUT2D eigenvalue weighted by Crippen LogP contribution is -2.54. The summed E-state index contributed by atoms with van der Waals surface area (Å²) in [6.07, 6.45) is 1.25. The molecule has 192 valence electrons. The van der Waals surface area contributed by atoms with Gasteiger partial charge in [-0.1, -0.05) is 11.6 Å². The van der Waals surface area contributed by atoms with Gasteiger partial charge in [0, 0.05) is 11.1 Å². The van der Waals surface area contributed by atoms with E-state index in [0.717, 1.165) is 23.1 Å². The number of rotatable bonds is 6. The monoisotopic (exact) mass is 664 g/mol. The van der Waals surface area contributed by atoms with Crippen LogP contribution in [0.15, 0.2) is 69.1 Å². The normalized spacial score (nSPS) is 14.4. The molecule has 1 saturated heterocycles. The van der Waals surface area contributed by atoms with Crippen molar-refractivity contribution in [2.24, 2.45) is 0 Å². The van der Waals surface area contributed by atoms with Gasteiger partial charge < -0.3 is 4.74 Å². The fraction of sp³-hybridized carbons (Fsp3) is 0. The van der Waals surface area contributed by atoms with Gasteiger partial charge in [-0.05, 0) is 86.0 Å².